The lowest BCUT2D eigenvalue weighted by Gasteiger charge is -2.23. The largest absolute Gasteiger partial charge is 0.449 e. The van der Waals surface area contributed by atoms with Crippen molar-refractivity contribution in [1.82, 2.24) is 15.6 Å². The molecule has 7 nitrogen and oxygen atoms in total. The molecule has 0 bridgehead atoms. The van der Waals surface area contributed by atoms with Crippen LogP contribution in [0.15, 0.2) is 109 Å². The minimum atomic E-state index is -0.912. The number of ether oxygens (including phenoxy) is 1. The van der Waals surface area contributed by atoms with Gasteiger partial charge in [-0.05, 0) is 45.9 Å². The predicted octanol–water partition coefficient (Wildman–Crippen LogP) is 5.34. The maximum absolute atomic E-state index is 13.6. The Hall–Kier alpha value is -4.88. The number of aromatic nitrogens is 1. The fraction of sp³-hybridized carbons (Fsp3) is 0.200. The van der Waals surface area contributed by atoms with Crippen molar-refractivity contribution in [3.05, 3.63) is 132 Å². The number of aromatic amines is 1. The number of carbonyl (C=O) groups excluding carboxylic acids is 2. The summed E-state index contributed by atoms with van der Waals surface area (Å²) in [4.78, 5) is 30.0. The first kappa shape index (κ1) is 27.3. The van der Waals surface area contributed by atoms with E-state index >= 15 is 0 Å². The number of alkyl carbamates (subject to hydrolysis) is 1. The number of aliphatic hydroxyl groups is 1. The zero-order valence-corrected chi connectivity index (χ0v) is 23.1. The summed E-state index contributed by atoms with van der Waals surface area (Å²) < 4.78 is 5.77. The van der Waals surface area contributed by atoms with Gasteiger partial charge in [0.05, 0.1) is 12.6 Å². The number of H-pyrrole nitrogens is 1. The Balaban J connectivity index is 1.18. The highest BCUT2D eigenvalue weighted by Gasteiger charge is 2.30. The van der Waals surface area contributed by atoms with Crippen LogP contribution >= 0.6 is 0 Å². The number of hydrogen-bond donors (Lipinski definition) is 4. The van der Waals surface area contributed by atoms with Gasteiger partial charge >= 0.3 is 6.09 Å². The van der Waals surface area contributed by atoms with Crippen LogP contribution in [0.5, 0.6) is 0 Å². The molecule has 4 aromatic carbocycles. The summed E-state index contributed by atoms with van der Waals surface area (Å²) in [5.41, 5.74) is 7.37. The van der Waals surface area contributed by atoms with Gasteiger partial charge in [-0.1, -0.05) is 97.1 Å². The summed E-state index contributed by atoms with van der Waals surface area (Å²) in [6.45, 7) is -0.0834. The smallest absolute Gasteiger partial charge is 0.407 e. The van der Waals surface area contributed by atoms with Crippen LogP contribution in [0.1, 0.15) is 28.2 Å². The van der Waals surface area contributed by atoms with Crippen molar-refractivity contribution in [2.24, 2.45) is 0 Å². The zero-order chi connectivity index (χ0) is 28.9. The van der Waals surface area contributed by atoms with Crippen molar-refractivity contribution in [3.8, 4) is 11.1 Å². The Morgan fingerprint density at radius 3 is 2.14 bits per heavy atom. The average Bonchev–Trinajstić information content (AvgIpc) is 3.58. The van der Waals surface area contributed by atoms with Gasteiger partial charge in [-0.25, -0.2) is 4.79 Å². The molecule has 2 atom stereocenters. The second-order valence-corrected chi connectivity index (χ2v) is 10.7. The summed E-state index contributed by atoms with van der Waals surface area (Å²) in [7, 11) is 0. The second kappa shape index (κ2) is 12.3. The van der Waals surface area contributed by atoms with Crippen molar-refractivity contribution in [2.45, 2.75) is 30.8 Å². The Bertz CT molecular complexity index is 1650. The van der Waals surface area contributed by atoms with Crippen LogP contribution in [0.2, 0.25) is 0 Å². The van der Waals surface area contributed by atoms with Crippen molar-refractivity contribution in [2.75, 3.05) is 13.2 Å². The highest BCUT2D eigenvalue weighted by Crippen LogP contribution is 2.44. The van der Waals surface area contributed by atoms with E-state index in [1.807, 2.05) is 85.1 Å². The van der Waals surface area contributed by atoms with Crippen molar-refractivity contribution >= 4 is 22.9 Å². The fourth-order valence-corrected chi connectivity index (χ4v) is 5.87. The first-order valence-corrected chi connectivity index (χ1v) is 14.2. The minimum absolute atomic E-state index is 0.0892. The number of carbonyl (C=O) groups is 2. The summed E-state index contributed by atoms with van der Waals surface area (Å²) >= 11 is 0. The second-order valence-electron chi connectivity index (χ2n) is 10.7. The molecule has 5 aromatic rings. The molecule has 1 heterocycles. The summed E-state index contributed by atoms with van der Waals surface area (Å²) in [6.07, 6.45) is 1.91. The summed E-state index contributed by atoms with van der Waals surface area (Å²) in [5, 5.41) is 16.8. The van der Waals surface area contributed by atoms with E-state index in [1.54, 1.807) is 0 Å². The number of hydrogen-bond acceptors (Lipinski definition) is 4. The lowest BCUT2D eigenvalue weighted by molar-refractivity contribution is -0.124. The van der Waals surface area contributed by atoms with Crippen molar-refractivity contribution < 1.29 is 19.4 Å². The molecular weight excluding hydrogens is 526 g/mol. The number of benzene rings is 4. The van der Waals surface area contributed by atoms with E-state index < -0.39 is 18.2 Å². The van der Waals surface area contributed by atoms with Crippen LogP contribution in [0.4, 0.5) is 4.79 Å². The van der Waals surface area contributed by atoms with E-state index in [4.69, 9.17) is 4.74 Å². The van der Waals surface area contributed by atoms with E-state index in [1.165, 1.54) is 0 Å². The van der Waals surface area contributed by atoms with E-state index in [2.05, 4.69) is 39.9 Å². The number of aliphatic hydroxyl groups excluding tert-OH is 1. The summed E-state index contributed by atoms with van der Waals surface area (Å²) in [5.74, 6) is -0.475. The third-order valence-electron chi connectivity index (χ3n) is 7.94. The minimum Gasteiger partial charge on any atom is -0.449 e. The van der Waals surface area contributed by atoms with Gasteiger partial charge in [0.2, 0.25) is 5.91 Å². The molecule has 6 rings (SSSR count). The highest BCUT2D eigenvalue weighted by atomic mass is 16.5. The van der Waals surface area contributed by atoms with Crippen molar-refractivity contribution in [1.29, 1.82) is 0 Å². The van der Waals surface area contributed by atoms with Crippen LogP contribution in [0.25, 0.3) is 22.0 Å². The van der Waals surface area contributed by atoms with E-state index in [-0.39, 0.29) is 31.5 Å². The number of fused-ring (bicyclic) bond motifs is 4. The van der Waals surface area contributed by atoms with E-state index in [0.717, 1.165) is 44.3 Å². The lowest BCUT2D eigenvalue weighted by atomic mass is 9.98. The molecule has 0 radical (unpaired) electrons. The van der Waals surface area contributed by atoms with Crippen LogP contribution < -0.4 is 10.6 Å². The van der Waals surface area contributed by atoms with Crippen LogP contribution in [-0.4, -0.2) is 47.4 Å². The molecule has 7 heteroatoms. The molecule has 1 unspecified atom stereocenters. The van der Waals surface area contributed by atoms with Gasteiger partial charge in [0.15, 0.2) is 0 Å². The number of amides is 2. The van der Waals surface area contributed by atoms with Crippen LogP contribution in [-0.2, 0) is 22.4 Å². The van der Waals surface area contributed by atoms with Gasteiger partial charge in [0.1, 0.15) is 12.6 Å². The molecule has 1 aliphatic carbocycles. The fourth-order valence-electron chi connectivity index (χ4n) is 5.87. The first-order valence-electron chi connectivity index (χ1n) is 14.2. The van der Waals surface area contributed by atoms with E-state index in [9.17, 15) is 14.7 Å². The quantitative estimate of drug-likeness (QED) is 0.186. The Kier molecular flexibility index (Phi) is 8.01. The predicted molar refractivity (Wildman–Crippen MR) is 163 cm³/mol. The molecule has 0 aliphatic heterocycles. The maximum atomic E-state index is 13.6. The molecule has 4 N–H and O–H groups in total. The molecule has 0 spiro atoms. The van der Waals surface area contributed by atoms with Gasteiger partial charge in [0.25, 0.3) is 0 Å². The zero-order valence-electron chi connectivity index (χ0n) is 23.1. The van der Waals surface area contributed by atoms with Crippen molar-refractivity contribution in [3.63, 3.8) is 0 Å². The van der Waals surface area contributed by atoms with Gasteiger partial charge in [-0.3, -0.25) is 4.79 Å². The molecule has 1 aromatic heterocycles. The monoisotopic (exact) mass is 559 g/mol. The standard InChI is InChI=1S/C35H33N3O4/c39-21-25(18-23-10-2-1-3-11-23)37-34(40)33(19-24-20-36-32-17-9-8-12-26(24)32)38-35(41)42-22-31-29-15-6-4-13-27(29)28-14-5-7-16-30(28)31/h1-17,20,25,31,33,36,39H,18-19,21-22H2,(H,37,40)(H,38,41)/t25-,33?/m0/s1. The third kappa shape index (κ3) is 5.78. The van der Waals surface area contributed by atoms with Gasteiger partial charge < -0.3 is 25.5 Å². The highest BCUT2D eigenvalue weighted by molar-refractivity contribution is 5.88. The maximum Gasteiger partial charge on any atom is 0.407 e. The first-order chi connectivity index (χ1) is 20.6. The van der Waals surface area contributed by atoms with Gasteiger partial charge in [-0.2, -0.15) is 0 Å². The summed E-state index contributed by atoms with van der Waals surface area (Å²) in [6, 6.07) is 32.4. The van der Waals surface area contributed by atoms with Crippen LogP contribution in [0, 0.1) is 0 Å². The lowest BCUT2D eigenvalue weighted by Crippen LogP contribution is -2.52. The Morgan fingerprint density at radius 2 is 1.43 bits per heavy atom. The SMILES string of the molecule is O=C(NC(Cc1c[nH]c2ccccc12)C(=O)N[C@H](CO)Cc1ccccc1)OCC1c2ccccc2-c2ccccc21. The number of para-hydroxylation sites is 1. The van der Waals surface area contributed by atoms with Gasteiger partial charge in [-0.15, -0.1) is 0 Å². The molecule has 2 amide bonds. The number of nitrogens with one attached hydrogen (secondary N) is 3. The molecule has 212 valence electrons. The number of rotatable bonds is 10. The Morgan fingerprint density at radius 1 is 0.786 bits per heavy atom. The molecule has 42 heavy (non-hydrogen) atoms. The van der Waals surface area contributed by atoms with Crippen LogP contribution in [0.3, 0.4) is 0 Å². The van der Waals surface area contributed by atoms with E-state index in [0.29, 0.717) is 6.42 Å². The Labute approximate surface area is 244 Å². The molecule has 0 saturated heterocycles. The normalized spacial score (nSPS) is 13.6. The molecule has 0 saturated carbocycles. The van der Waals surface area contributed by atoms with Gasteiger partial charge in [0, 0.05) is 29.4 Å². The third-order valence-corrected chi connectivity index (χ3v) is 7.94. The molecule has 0 fully saturated rings. The molecule has 1 aliphatic rings. The topological polar surface area (TPSA) is 103 Å². The average molecular weight is 560 g/mol. The molecular formula is C35H33N3O4.